The number of aliphatic hydroxyl groups excluding tert-OH is 1. The summed E-state index contributed by atoms with van der Waals surface area (Å²) in [5.41, 5.74) is 0.551. The summed E-state index contributed by atoms with van der Waals surface area (Å²) < 4.78 is 0.729. The summed E-state index contributed by atoms with van der Waals surface area (Å²) in [5.74, 6) is -0.0759. The smallest absolute Gasteiger partial charge is 0.255 e. The molecule has 0 bridgehead atoms. The molecular weight excluding hydrogens is 356 g/mol. The molecule has 0 radical (unpaired) electrons. The quantitative estimate of drug-likeness (QED) is 0.880. The number of aliphatic hydroxyl groups is 1. The van der Waals surface area contributed by atoms with Gasteiger partial charge in [-0.15, -0.1) is 0 Å². The van der Waals surface area contributed by atoms with Gasteiger partial charge in [-0.3, -0.25) is 4.79 Å². The summed E-state index contributed by atoms with van der Waals surface area (Å²) in [6, 6.07) is 5.37. The zero-order chi connectivity index (χ0) is 15.4. The number of piperidine rings is 1. The van der Waals surface area contributed by atoms with Gasteiger partial charge in [0.2, 0.25) is 0 Å². The molecule has 0 aromatic heterocycles. The maximum Gasteiger partial charge on any atom is 0.255 e. The van der Waals surface area contributed by atoms with E-state index in [1.54, 1.807) is 23.1 Å². The van der Waals surface area contributed by atoms with Crippen LogP contribution in [0.3, 0.4) is 0 Å². The lowest BCUT2D eigenvalue weighted by molar-refractivity contribution is 0.0539. The van der Waals surface area contributed by atoms with Crippen LogP contribution in [0.15, 0.2) is 22.7 Å². The first kappa shape index (κ1) is 16.7. The average molecular weight is 376 g/mol. The van der Waals surface area contributed by atoms with E-state index in [-0.39, 0.29) is 18.6 Å². The molecule has 0 atom stereocenters. The molecule has 1 saturated heterocycles. The van der Waals surface area contributed by atoms with Crippen molar-refractivity contribution in [2.45, 2.75) is 18.9 Å². The van der Waals surface area contributed by atoms with E-state index >= 15 is 0 Å². The molecule has 1 heterocycles. The Balaban J connectivity index is 2.20. The number of carbonyl (C=O) groups excluding carboxylic acids is 1. The zero-order valence-electron chi connectivity index (χ0n) is 12.1. The molecule has 6 heteroatoms. The van der Waals surface area contributed by atoms with E-state index in [9.17, 15) is 9.90 Å². The minimum absolute atomic E-state index is 0.0315. The van der Waals surface area contributed by atoms with Gasteiger partial charge in [-0.2, -0.15) is 0 Å². The van der Waals surface area contributed by atoms with Crippen molar-refractivity contribution < 1.29 is 9.90 Å². The van der Waals surface area contributed by atoms with Crippen LogP contribution in [0.5, 0.6) is 0 Å². The molecule has 0 saturated carbocycles. The number of hydrogen-bond acceptors (Lipinski definition) is 3. The molecule has 1 amide bonds. The van der Waals surface area contributed by atoms with Gasteiger partial charge in [0.15, 0.2) is 0 Å². The predicted octanol–water partition coefficient (Wildman–Crippen LogP) is 2.63. The number of carbonyl (C=O) groups is 1. The van der Waals surface area contributed by atoms with Crippen LogP contribution in [-0.2, 0) is 0 Å². The van der Waals surface area contributed by atoms with Gasteiger partial charge in [0.05, 0.1) is 12.2 Å². The van der Waals surface area contributed by atoms with Gasteiger partial charge >= 0.3 is 0 Å². The first-order chi connectivity index (χ1) is 10.0. The van der Waals surface area contributed by atoms with Crippen LogP contribution >= 0.6 is 27.5 Å². The number of benzene rings is 1. The van der Waals surface area contributed by atoms with Gasteiger partial charge in [-0.25, -0.2) is 0 Å². The van der Waals surface area contributed by atoms with Crippen molar-refractivity contribution >= 4 is 33.4 Å². The van der Waals surface area contributed by atoms with Crippen LogP contribution in [0.1, 0.15) is 23.2 Å². The van der Waals surface area contributed by atoms with Gasteiger partial charge in [0, 0.05) is 22.1 Å². The topological polar surface area (TPSA) is 43.8 Å². The lowest BCUT2D eigenvalue weighted by atomic mass is 10.0. The van der Waals surface area contributed by atoms with E-state index in [1.165, 1.54) is 0 Å². The summed E-state index contributed by atoms with van der Waals surface area (Å²) in [7, 11) is 2.09. The summed E-state index contributed by atoms with van der Waals surface area (Å²) >= 11 is 9.41. The van der Waals surface area contributed by atoms with E-state index in [0.717, 1.165) is 30.4 Å². The molecule has 1 N–H and O–H groups in total. The molecule has 1 aliphatic heterocycles. The molecule has 0 aliphatic carbocycles. The minimum atomic E-state index is -0.0759. The Kier molecular flexibility index (Phi) is 6.05. The normalized spacial score (nSPS) is 17.0. The first-order valence-electron chi connectivity index (χ1n) is 7.08. The van der Waals surface area contributed by atoms with Crippen molar-refractivity contribution in [3.8, 4) is 0 Å². The van der Waals surface area contributed by atoms with Gasteiger partial charge < -0.3 is 14.9 Å². The van der Waals surface area contributed by atoms with Crippen molar-refractivity contribution in [2.75, 3.05) is 33.3 Å². The molecular formula is C15H20BrClN2O2. The highest BCUT2D eigenvalue weighted by Gasteiger charge is 2.28. The Hall–Kier alpha value is -0.620. The molecule has 0 unspecified atom stereocenters. The van der Waals surface area contributed by atoms with Crippen LogP contribution in [0.4, 0.5) is 0 Å². The van der Waals surface area contributed by atoms with Crippen molar-refractivity contribution in [3.05, 3.63) is 33.3 Å². The molecule has 1 fully saturated rings. The van der Waals surface area contributed by atoms with Crippen LogP contribution in [0.25, 0.3) is 0 Å². The van der Waals surface area contributed by atoms with Gasteiger partial charge in [-0.1, -0.05) is 11.6 Å². The van der Waals surface area contributed by atoms with Crippen LogP contribution < -0.4 is 0 Å². The molecule has 2 rings (SSSR count). The summed E-state index contributed by atoms with van der Waals surface area (Å²) in [6.45, 7) is 2.26. The van der Waals surface area contributed by atoms with Crippen LogP contribution in [0.2, 0.25) is 5.02 Å². The van der Waals surface area contributed by atoms with E-state index in [1.807, 2.05) is 0 Å². The highest BCUT2D eigenvalue weighted by molar-refractivity contribution is 9.10. The zero-order valence-corrected chi connectivity index (χ0v) is 14.4. The molecule has 1 aromatic rings. The molecule has 4 nitrogen and oxygen atoms in total. The number of rotatable bonds is 4. The van der Waals surface area contributed by atoms with Gasteiger partial charge in [0.25, 0.3) is 5.91 Å². The van der Waals surface area contributed by atoms with Crippen LogP contribution in [-0.4, -0.2) is 60.1 Å². The fourth-order valence-corrected chi connectivity index (χ4v) is 3.27. The fourth-order valence-electron chi connectivity index (χ4n) is 2.68. The number of likely N-dealkylation sites (tertiary alicyclic amines) is 1. The van der Waals surface area contributed by atoms with Gasteiger partial charge in [0.1, 0.15) is 0 Å². The first-order valence-corrected chi connectivity index (χ1v) is 8.25. The largest absolute Gasteiger partial charge is 0.395 e. The predicted molar refractivity (Wildman–Crippen MR) is 87.8 cm³/mol. The van der Waals surface area contributed by atoms with Crippen molar-refractivity contribution in [2.24, 2.45) is 0 Å². The maximum absolute atomic E-state index is 12.8. The monoisotopic (exact) mass is 374 g/mol. The number of amides is 1. The second-order valence-corrected chi connectivity index (χ2v) is 6.67. The molecule has 1 aliphatic rings. The van der Waals surface area contributed by atoms with E-state index in [0.29, 0.717) is 17.1 Å². The van der Waals surface area contributed by atoms with E-state index in [2.05, 4.69) is 27.9 Å². The lowest BCUT2D eigenvalue weighted by Gasteiger charge is -2.37. The third-order valence-corrected chi connectivity index (χ3v) is 4.82. The number of halogens is 2. The number of nitrogens with zero attached hydrogens (tertiary/aromatic N) is 2. The second kappa shape index (κ2) is 7.58. The third-order valence-electron chi connectivity index (χ3n) is 3.89. The van der Waals surface area contributed by atoms with Crippen molar-refractivity contribution in [3.63, 3.8) is 0 Å². The van der Waals surface area contributed by atoms with Crippen molar-refractivity contribution in [1.29, 1.82) is 0 Å². The van der Waals surface area contributed by atoms with E-state index in [4.69, 9.17) is 11.6 Å². The molecule has 0 spiro atoms. The maximum atomic E-state index is 12.8. The Morgan fingerprint density at radius 3 is 2.76 bits per heavy atom. The van der Waals surface area contributed by atoms with Crippen molar-refractivity contribution in [1.82, 2.24) is 9.80 Å². The average Bonchev–Trinajstić information content (AvgIpc) is 2.48. The summed E-state index contributed by atoms with van der Waals surface area (Å²) in [5, 5.41) is 9.83. The Bertz CT molecular complexity index is 504. The number of hydrogen-bond donors (Lipinski definition) is 1. The minimum Gasteiger partial charge on any atom is -0.395 e. The third kappa shape index (κ3) is 4.19. The van der Waals surface area contributed by atoms with E-state index < -0.39 is 0 Å². The Labute approximate surface area is 138 Å². The summed E-state index contributed by atoms with van der Waals surface area (Å²) in [6.07, 6.45) is 1.86. The molecule has 1 aromatic carbocycles. The standard InChI is InChI=1S/C15H20BrClN2O2/c1-18-6-4-12(5-7-18)19(8-9-20)15(21)13-10-11(17)2-3-14(13)16/h2-3,10,12,20H,4-9H2,1H3. The van der Waals surface area contributed by atoms with Crippen LogP contribution in [0, 0.1) is 0 Å². The lowest BCUT2D eigenvalue weighted by Crippen LogP contribution is -2.47. The second-order valence-electron chi connectivity index (χ2n) is 5.38. The SMILES string of the molecule is CN1CCC(N(CCO)C(=O)c2cc(Cl)ccc2Br)CC1. The van der Waals surface area contributed by atoms with Gasteiger partial charge in [-0.05, 0) is 67.1 Å². The highest BCUT2D eigenvalue weighted by atomic mass is 79.9. The Morgan fingerprint density at radius 1 is 1.48 bits per heavy atom. The Morgan fingerprint density at radius 2 is 2.14 bits per heavy atom. The highest BCUT2D eigenvalue weighted by Crippen LogP contribution is 2.25. The fraction of sp³-hybridized carbons (Fsp3) is 0.533. The molecule has 116 valence electrons. The molecule has 21 heavy (non-hydrogen) atoms. The summed E-state index contributed by atoms with van der Waals surface area (Å²) in [4.78, 5) is 16.8.